The van der Waals surface area contributed by atoms with Crippen molar-refractivity contribution >= 4 is 69.5 Å². The number of rotatable bonds is 4. The number of hydrogen-bond acceptors (Lipinski definition) is 8. The van der Waals surface area contributed by atoms with Crippen molar-refractivity contribution in [3.05, 3.63) is 168 Å². The van der Waals surface area contributed by atoms with Gasteiger partial charge in [-0.15, -0.1) is 0 Å². The number of nitrogens with zero attached hydrogens (tertiary/aromatic N) is 4. The molecule has 3 aliphatic carbocycles. The van der Waals surface area contributed by atoms with E-state index in [1.54, 1.807) is 0 Å². The molecule has 1 fully saturated rings. The summed E-state index contributed by atoms with van der Waals surface area (Å²) >= 11 is 3.67. The summed E-state index contributed by atoms with van der Waals surface area (Å²) in [4.78, 5) is 20.0. The largest absolute Gasteiger partial charge is 0.476 e. The summed E-state index contributed by atoms with van der Waals surface area (Å²) in [5, 5.41) is 0. The lowest BCUT2D eigenvalue weighted by Gasteiger charge is -2.35. The molecular weight excluding hydrogens is 705 g/mol. The van der Waals surface area contributed by atoms with Crippen LogP contribution < -0.4 is 9.80 Å². The fraction of sp³-hybridized carbons (Fsp3) is 0.130. The summed E-state index contributed by atoms with van der Waals surface area (Å²) in [6.07, 6.45) is 8.49. The molecule has 1 saturated carbocycles. The van der Waals surface area contributed by atoms with Gasteiger partial charge in [-0.3, -0.25) is 0 Å². The van der Waals surface area contributed by atoms with E-state index in [9.17, 15) is 0 Å². The Hall–Kier alpha value is -5.70. The Bertz CT molecular complexity index is 2580. The Kier molecular flexibility index (Phi) is 6.77. The molecule has 6 nitrogen and oxygen atoms in total. The fourth-order valence-corrected chi connectivity index (χ4v) is 10.7. The first kappa shape index (κ1) is 30.7. The second-order valence-corrected chi connectivity index (χ2v) is 16.7. The van der Waals surface area contributed by atoms with Gasteiger partial charge in [0.05, 0.1) is 28.7 Å². The Morgan fingerprint density at radius 3 is 1.85 bits per heavy atom. The maximum atomic E-state index is 6.65. The summed E-state index contributed by atoms with van der Waals surface area (Å²) in [5.74, 6) is 3.17. The van der Waals surface area contributed by atoms with E-state index in [4.69, 9.17) is 19.1 Å². The van der Waals surface area contributed by atoms with E-state index in [0.717, 1.165) is 47.1 Å². The van der Waals surface area contributed by atoms with Gasteiger partial charge in [-0.25, -0.2) is 9.98 Å². The second kappa shape index (κ2) is 11.9. The first-order valence-corrected chi connectivity index (χ1v) is 20.1. The van der Waals surface area contributed by atoms with Crippen molar-refractivity contribution in [1.29, 1.82) is 0 Å². The molecule has 8 heteroatoms. The van der Waals surface area contributed by atoms with Crippen molar-refractivity contribution < 1.29 is 9.15 Å². The normalized spacial score (nSPS) is 21.3. The smallest absolute Gasteiger partial charge is 0.223 e. The molecule has 6 aromatic rings. The molecule has 0 spiro atoms. The van der Waals surface area contributed by atoms with E-state index < -0.39 is 0 Å². The monoisotopic (exact) mass is 736 g/mol. The minimum atomic E-state index is 0.0600. The Morgan fingerprint density at radius 1 is 0.630 bits per heavy atom. The van der Waals surface area contributed by atoms with Crippen LogP contribution in [0.4, 0.5) is 28.4 Å². The van der Waals surface area contributed by atoms with Crippen LogP contribution in [0.3, 0.4) is 0 Å². The van der Waals surface area contributed by atoms with Gasteiger partial charge in [-0.05, 0) is 97.3 Å². The predicted molar refractivity (Wildman–Crippen MR) is 216 cm³/mol. The highest BCUT2D eigenvalue weighted by Gasteiger charge is 2.49. The fourth-order valence-electron chi connectivity index (χ4n) is 8.60. The number of benzene rings is 5. The summed E-state index contributed by atoms with van der Waals surface area (Å²) < 4.78 is 13.1. The summed E-state index contributed by atoms with van der Waals surface area (Å²) in [5.41, 5.74) is 11.3. The van der Waals surface area contributed by atoms with Crippen LogP contribution in [0.2, 0.25) is 0 Å². The number of fused-ring (bicyclic) bond motifs is 9. The number of hydrogen-bond donors (Lipinski definition) is 0. The number of aliphatic imine (C=N–C) groups is 1. The number of oxazole rings is 1. The van der Waals surface area contributed by atoms with Gasteiger partial charge in [0, 0.05) is 60.1 Å². The molecule has 2 bridgehead atoms. The molecule has 260 valence electrons. The first-order valence-electron chi connectivity index (χ1n) is 18.5. The molecule has 4 heterocycles. The van der Waals surface area contributed by atoms with Crippen molar-refractivity contribution in [2.45, 2.75) is 38.3 Å². The zero-order valence-corrected chi connectivity index (χ0v) is 30.7. The molecule has 0 saturated heterocycles. The maximum Gasteiger partial charge on any atom is 0.223 e. The van der Waals surface area contributed by atoms with Crippen LogP contribution in [0.5, 0.6) is 0 Å². The van der Waals surface area contributed by atoms with Gasteiger partial charge in [-0.1, -0.05) is 78.1 Å². The standard InChI is InChI=1S/C46H32N4O2S2/c1-5-13-40-36(9-1)49(37-10-2-6-14-41(37)53-40)30-19-17-27(18-20-30)45-47-29-23-28(26-51-45)44-34(24-29)48-46(52-44)31-21-22-35(33-25-32(31)33)50-38-11-3-7-15-42(38)54-43-16-8-4-12-39(43)50/h1-22,24,28,32-33H,23,25-26H2. The van der Waals surface area contributed by atoms with E-state index in [1.807, 2.05) is 23.5 Å². The van der Waals surface area contributed by atoms with E-state index in [1.165, 1.54) is 53.6 Å². The van der Waals surface area contributed by atoms with Gasteiger partial charge >= 0.3 is 0 Å². The van der Waals surface area contributed by atoms with Crippen molar-refractivity contribution in [2.24, 2.45) is 16.8 Å². The van der Waals surface area contributed by atoms with Gasteiger partial charge in [0.1, 0.15) is 18.1 Å². The molecule has 0 amide bonds. The third-order valence-corrected chi connectivity index (χ3v) is 13.5. The molecule has 54 heavy (non-hydrogen) atoms. The van der Waals surface area contributed by atoms with E-state index in [-0.39, 0.29) is 5.92 Å². The minimum Gasteiger partial charge on any atom is -0.476 e. The number of ether oxygens (including phenoxy) is 1. The highest BCUT2D eigenvalue weighted by Crippen LogP contribution is 2.60. The van der Waals surface area contributed by atoms with Crippen LogP contribution in [0.25, 0.3) is 11.6 Å². The van der Waals surface area contributed by atoms with Crippen LogP contribution in [0, 0.1) is 11.8 Å². The zero-order chi connectivity index (χ0) is 35.3. The summed E-state index contributed by atoms with van der Waals surface area (Å²) in [6, 6.07) is 43.2. The van der Waals surface area contributed by atoms with Crippen molar-refractivity contribution in [3.8, 4) is 0 Å². The molecule has 3 atom stereocenters. The lowest BCUT2D eigenvalue weighted by atomic mass is 9.95. The molecule has 0 N–H and O–H groups in total. The van der Waals surface area contributed by atoms with Crippen molar-refractivity contribution in [2.75, 3.05) is 16.4 Å². The lowest BCUT2D eigenvalue weighted by molar-refractivity contribution is 0.264. The van der Waals surface area contributed by atoms with Gasteiger partial charge in [0.25, 0.3) is 0 Å². The van der Waals surface area contributed by atoms with Crippen LogP contribution in [0.1, 0.15) is 41.7 Å². The third kappa shape index (κ3) is 4.83. The lowest BCUT2D eigenvalue weighted by Crippen LogP contribution is -2.22. The zero-order valence-electron chi connectivity index (χ0n) is 29.1. The number of para-hydroxylation sites is 4. The second-order valence-electron chi connectivity index (χ2n) is 14.5. The highest BCUT2D eigenvalue weighted by atomic mass is 32.2. The molecule has 3 unspecified atom stereocenters. The van der Waals surface area contributed by atoms with Crippen LogP contribution in [-0.2, 0) is 4.74 Å². The SMILES string of the molecule is C1=C2CC(COC(c3ccc(N4c5ccccc5Sc5ccccc54)cc3)=N2)c2oc(C3=CC=C(N4c5ccccc5Sc5ccccc54)C4CC34)nc21. The molecule has 12 rings (SSSR count). The average Bonchev–Trinajstić information content (AvgIpc) is 3.95. The van der Waals surface area contributed by atoms with Crippen molar-refractivity contribution in [3.63, 3.8) is 0 Å². The molecular formula is C46H32N4O2S2. The van der Waals surface area contributed by atoms with E-state index in [2.05, 4.69) is 149 Å². The molecule has 1 aromatic heterocycles. The first-order chi connectivity index (χ1) is 26.7. The van der Waals surface area contributed by atoms with Gasteiger partial charge in [-0.2, -0.15) is 0 Å². The van der Waals surface area contributed by atoms with E-state index in [0.29, 0.717) is 24.3 Å². The van der Waals surface area contributed by atoms with E-state index >= 15 is 0 Å². The van der Waals surface area contributed by atoms with Gasteiger partial charge in [0.2, 0.25) is 11.8 Å². The maximum absolute atomic E-state index is 6.65. The molecule has 6 aliphatic rings. The highest BCUT2D eigenvalue weighted by molar-refractivity contribution is 8.00. The predicted octanol–water partition coefficient (Wildman–Crippen LogP) is 12.1. The summed E-state index contributed by atoms with van der Waals surface area (Å²) in [7, 11) is 0. The molecule has 0 radical (unpaired) electrons. The van der Waals surface area contributed by atoms with Crippen LogP contribution in [-0.4, -0.2) is 17.5 Å². The van der Waals surface area contributed by atoms with Crippen molar-refractivity contribution in [1.82, 2.24) is 4.98 Å². The number of aromatic nitrogens is 1. The Balaban J connectivity index is 0.836. The Morgan fingerprint density at radius 2 is 1.22 bits per heavy atom. The van der Waals surface area contributed by atoms with Crippen LogP contribution in [0.15, 0.2) is 174 Å². The van der Waals surface area contributed by atoms with Crippen LogP contribution >= 0.6 is 23.5 Å². The van der Waals surface area contributed by atoms with Gasteiger partial charge in [0.15, 0.2) is 0 Å². The molecule has 5 aromatic carbocycles. The quantitative estimate of drug-likeness (QED) is 0.178. The third-order valence-electron chi connectivity index (χ3n) is 11.2. The number of anilines is 5. The topological polar surface area (TPSA) is 54.1 Å². The average molecular weight is 737 g/mol. The minimum absolute atomic E-state index is 0.0600. The molecule has 3 aliphatic heterocycles. The van der Waals surface area contributed by atoms with Gasteiger partial charge < -0.3 is 19.0 Å². The number of allylic oxidation sites excluding steroid dienone is 5. The summed E-state index contributed by atoms with van der Waals surface area (Å²) in [6.45, 7) is 0.491. The Labute approximate surface area is 321 Å².